The van der Waals surface area contributed by atoms with E-state index in [0.717, 1.165) is 22.4 Å². The van der Waals surface area contributed by atoms with Gasteiger partial charge in [-0.3, -0.25) is 4.79 Å². The minimum absolute atomic E-state index is 0.105. The number of carbonyl (C=O) groups is 2. The fourth-order valence-corrected chi connectivity index (χ4v) is 2.60. The summed E-state index contributed by atoms with van der Waals surface area (Å²) in [4.78, 5) is 29.5. The van der Waals surface area contributed by atoms with Gasteiger partial charge in [-0.25, -0.2) is 9.78 Å². The van der Waals surface area contributed by atoms with E-state index in [0.29, 0.717) is 19.6 Å². The van der Waals surface area contributed by atoms with Crippen molar-refractivity contribution >= 4 is 23.0 Å². The quantitative estimate of drug-likeness (QED) is 0.849. The molecule has 1 aliphatic heterocycles. The molecule has 1 fully saturated rings. The van der Waals surface area contributed by atoms with Crippen LogP contribution in [-0.4, -0.2) is 46.0 Å². The number of carbonyl (C=O) groups excluding carboxylic acids is 2. The zero-order valence-electron chi connectivity index (χ0n) is 12.7. The predicted molar refractivity (Wildman–Crippen MR) is 82.3 cm³/mol. The minimum Gasteiger partial charge on any atom is -0.353 e. The highest BCUT2D eigenvalue weighted by Crippen LogP contribution is 2.16. The van der Waals surface area contributed by atoms with Crippen LogP contribution in [0.4, 0.5) is 4.79 Å². The first-order valence-corrected chi connectivity index (χ1v) is 7.26. The Labute approximate surface area is 128 Å². The van der Waals surface area contributed by atoms with Gasteiger partial charge in [-0.2, -0.15) is 0 Å². The molecule has 7 nitrogen and oxygen atoms in total. The van der Waals surface area contributed by atoms with Crippen LogP contribution in [0.25, 0.3) is 11.0 Å². The van der Waals surface area contributed by atoms with E-state index >= 15 is 0 Å². The number of benzene rings is 1. The van der Waals surface area contributed by atoms with Gasteiger partial charge < -0.3 is 20.1 Å². The fraction of sp³-hybridized carbons (Fsp3) is 0.400. The van der Waals surface area contributed by atoms with E-state index in [9.17, 15) is 9.59 Å². The van der Waals surface area contributed by atoms with Crippen molar-refractivity contribution in [1.29, 1.82) is 0 Å². The summed E-state index contributed by atoms with van der Waals surface area (Å²) in [6.45, 7) is 3.49. The molecular weight excluding hydrogens is 282 g/mol. The molecule has 0 atom stereocenters. The minimum atomic E-state index is -0.238. The number of urea groups is 1. The van der Waals surface area contributed by atoms with Crippen molar-refractivity contribution in [2.24, 2.45) is 7.05 Å². The van der Waals surface area contributed by atoms with Crippen molar-refractivity contribution in [3.63, 3.8) is 0 Å². The summed E-state index contributed by atoms with van der Waals surface area (Å²) in [6, 6.07) is 5.85. The average molecular weight is 301 g/mol. The maximum absolute atomic E-state index is 12.1. The second kappa shape index (κ2) is 5.67. The van der Waals surface area contributed by atoms with E-state index < -0.39 is 0 Å². The van der Waals surface area contributed by atoms with E-state index in [1.54, 1.807) is 0 Å². The number of aromatic nitrogens is 2. The molecule has 1 aliphatic rings. The highest BCUT2D eigenvalue weighted by molar-refractivity contribution is 5.85. The number of hydrogen-bond acceptors (Lipinski definition) is 3. The SMILES string of the molecule is Cc1ccc2c(c1)nc(CNC(=O)N1CCNC(=O)C1)n2C. The number of rotatable bonds is 2. The second-order valence-corrected chi connectivity index (χ2v) is 5.51. The first kappa shape index (κ1) is 14.4. The summed E-state index contributed by atoms with van der Waals surface area (Å²) in [6.07, 6.45) is 0. The molecule has 2 heterocycles. The maximum Gasteiger partial charge on any atom is 0.318 e. The molecule has 2 aromatic rings. The molecule has 3 amide bonds. The third-order valence-corrected chi connectivity index (χ3v) is 3.85. The van der Waals surface area contributed by atoms with E-state index in [2.05, 4.69) is 15.6 Å². The normalized spacial score (nSPS) is 15.0. The van der Waals surface area contributed by atoms with E-state index in [1.165, 1.54) is 4.90 Å². The van der Waals surface area contributed by atoms with Gasteiger partial charge in [0.15, 0.2) is 0 Å². The van der Waals surface area contributed by atoms with Crippen LogP contribution in [0.2, 0.25) is 0 Å². The summed E-state index contributed by atoms with van der Waals surface area (Å²) in [5.74, 6) is 0.662. The Morgan fingerprint density at radius 2 is 2.27 bits per heavy atom. The van der Waals surface area contributed by atoms with Gasteiger partial charge in [0.05, 0.1) is 17.6 Å². The Balaban J connectivity index is 1.69. The third-order valence-electron chi connectivity index (χ3n) is 3.85. The third kappa shape index (κ3) is 2.74. The van der Waals surface area contributed by atoms with Gasteiger partial charge in [-0.15, -0.1) is 0 Å². The number of amides is 3. The first-order valence-electron chi connectivity index (χ1n) is 7.26. The average Bonchev–Trinajstić information content (AvgIpc) is 2.80. The number of nitrogens with zero attached hydrogens (tertiary/aromatic N) is 3. The molecule has 0 bridgehead atoms. The molecule has 1 aromatic heterocycles. The van der Waals surface area contributed by atoms with Crippen molar-refractivity contribution in [3.8, 4) is 0 Å². The standard InChI is InChI=1S/C15H19N5O2/c1-10-3-4-12-11(7-10)18-13(19(12)2)8-17-15(22)20-6-5-16-14(21)9-20/h3-4,7H,5-6,8-9H2,1-2H3,(H,16,21)(H,17,22). The zero-order valence-corrected chi connectivity index (χ0v) is 12.7. The van der Waals surface area contributed by atoms with Crippen molar-refractivity contribution in [2.75, 3.05) is 19.6 Å². The van der Waals surface area contributed by atoms with Crippen LogP contribution in [0.15, 0.2) is 18.2 Å². The Bertz CT molecular complexity index is 737. The molecule has 0 aliphatic carbocycles. The summed E-state index contributed by atoms with van der Waals surface area (Å²) in [5, 5.41) is 5.52. The van der Waals surface area contributed by atoms with Gasteiger partial charge in [-0.05, 0) is 24.6 Å². The summed E-state index contributed by atoms with van der Waals surface area (Å²) >= 11 is 0. The van der Waals surface area contributed by atoms with Crippen molar-refractivity contribution < 1.29 is 9.59 Å². The lowest BCUT2D eigenvalue weighted by Crippen LogP contribution is -2.52. The van der Waals surface area contributed by atoms with Gasteiger partial charge in [-0.1, -0.05) is 6.07 Å². The largest absolute Gasteiger partial charge is 0.353 e. The van der Waals surface area contributed by atoms with Crippen LogP contribution in [0.1, 0.15) is 11.4 Å². The van der Waals surface area contributed by atoms with Gasteiger partial charge in [0.25, 0.3) is 0 Å². The Hall–Kier alpha value is -2.57. The summed E-state index contributed by atoms with van der Waals surface area (Å²) in [7, 11) is 1.93. The number of nitrogens with one attached hydrogen (secondary N) is 2. The highest BCUT2D eigenvalue weighted by atomic mass is 16.2. The number of fused-ring (bicyclic) bond motifs is 1. The van der Waals surface area contributed by atoms with E-state index in [4.69, 9.17) is 0 Å². The van der Waals surface area contributed by atoms with Crippen LogP contribution in [0, 0.1) is 6.92 Å². The summed E-state index contributed by atoms with van der Waals surface area (Å²) in [5.41, 5.74) is 3.11. The fourth-order valence-electron chi connectivity index (χ4n) is 2.60. The molecule has 1 saturated heterocycles. The second-order valence-electron chi connectivity index (χ2n) is 5.51. The Morgan fingerprint density at radius 1 is 1.45 bits per heavy atom. The number of aryl methyl sites for hydroxylation is 2. The molecule has 0 spiro atoms. The van der Waals surface area contributed by atoms with Crippen LogP contribution in [-0.2, 0) is 18.4 Å². The molecule has 22 heavy (non-hydrogen) atoms. The van der Waals surface area contributed by atoms with Crippen LogP contribution >= 0.6 is 0 Å². The smallest absolute Gasteiger partial charge is 0.318 e. The Morgan fingerprint density at radius 3 is 3.05 bits per heavy atom. The van der Waals surface area contributed by atoms with Crippen LogP contribution in [0.5, 0.6) is 0 Å². The van der Waals surface area contributed by atoms with Gasteiger partial charge >= 0.3 is 6.03 Å². The molecule has 0 unspecified atom stereocenters. The zero-order chi connectivity index (χ0) is 15.7. The highest BCUT2D eigenvalue weighted by Gasteiger charge is 2.21. The molecule has 3 rings (SSSR count). The molecule has 0 saturated carbocycles. The molecular formula is C15H19N5O2. The number of hydrogen-bond donors (Lipinski definition) is 2. The molecule has 116 valence electrons. The van der Waals surface area contributed by atoms with Crippen molar-refractivity contribution in [3.05, 3.63) is 29.6 Å². The molecule has 1 aromatic carbocycles. The number of imidazole rings is 1. The topological polar surface area (TPSA) is 79.3 Å². The Kier molecular flexibility index (Phi) is 3.70. The van der Waals surface area contributed by atoms with Gasteiger partial charge in [0, 0.05) is 20.1 Å². The summed E-state index contributed by atoms with van der Waals surface area (Å²) < 4.78 is 1.97. The lowest BCUT2D eigenvalue weighted by molar-refractivity contribution is -0.123. The van der Waals surface area contributed by atoms with Crippen LogP contribution < -0.4 is 10.6 Å². The lowest BCUT2D eigenvalue weighted by Gasteiger charge is -2.26. The lowest BCUT2D eigenvalue weighted by atomic mass is 10.2. The predicted octanol–water partition coefficient (Wildman–Crippen LogP) is 0.523. The van der Waals surface area contributed by atoms with Gasteiger partial charge in [0.1, 0.15) is 12.4 Å². The van der Waals surface area contributed by atoms with Gasteiger partial charge in [0.2, 0.25) is 5.91 Å². The maximum atomic E-state index is 12.1. The molecule has 0 radical (unpaired) electrons. The first-order chi connectivity index (χ1) is 10.5. The van der Waals surface area contributed by atoms with E-state index in [1.807, 2.05) is 36.7 Å². The van der Waals surface area contributed by atoms with Crippen molar-refractivity contribution in [2.45, 2.75) is 13.5 Å². The van der Waals surface area contributed by atoms with Crippen LogP contribution in [0.3, 0.4) is 0 Å². The van der Waals surface area contributed by atoms with E-state index in [-0.39, 0.29) is 18.5 Å². The molecule has 7 heteroatoms. The number of piperazine rings is 1. The van der Waals surface area contributed by atoms with Crippen molar-refractivity contribution in [1.82, 2.24) is 25.1 Å². The monoisotopic (exact) mass is 301 g/mol. The molecule has 2 N–H and O–H groups in total.